The van der Waals surface area contributed by atoms with Crippen LogP contribution in [0.1, 0.15) is 5.82 Å². The Morgan fingerprint density at radius 3 is 2.88 bits per heavy atom. The minimum absolute atomic E-state index is 0.491. The summed E-state index contributed by atoms with van der Waals surface area (Å²) in [5, 5.41) is 15.3. The highest BCUT2D eigenvalue weighted by atomic mass is 32.2. The minimum Gasteiger partial charge on any atom is -0.334 e. The zero-order valence-corrected chi connectivity index (χ0v) is 14.3. The lowest BCUT2D eigenvalue weighted by atomic mass is 10.3. The lowest BCUT2D eigenvalue weighted by Gasteiger charge is -2.00. The van der Waals surface area contributed by atoms with E-state index in [1.807, 2.05) is 41.3 Å². The van der Waals surface area contributed by atoms with Gasteiger partial charge >= 0.3 is 0 Å². The second-order valence-corrected chi connectivity index (χ2v) is 6.77. The van der Waals surface area contributed by atoms with E-state index in [1.54, 1.807) is 23.7 Å². The topological polar surface area (TPSA) is 82.5 Å². The van der Waals surface area contributed by atoms with Crippen LogP contribution in [-0.4, -0.2) is 29.9 Å². The molecule has 0 atom stereocenters. The molecule has 0 spiro atoms. The van der Waals surface area contributed by atoms with Crippen LogP contribution in [0.5, 0.6) is 0 Å². The molecule has 0 radical (unpaired) electrons. The largest absolute Gasteiger partial charge is 0.334 e. The molecule has 0 aliphatic heterocycles. The summed E-state index contributed by atoms with van der Waals surface area (Å²) < 4.78 is 7.26. The summed E-state index contributed by atoms with van der Waals surface area (Å²) >= 11 is 3.16. The first-order chi connectivity index (χ1) is 11.8. The molecule has 0 bridgehead atoms. The van der Waals surface area contributed by atoms with Gasteiger partial charge in [0.05, 0.1) is 10.6 Å². The van der Waals surface area contributed by atoms with Gasteiger partial charge in [-0.05, 0) is 23.6 Å². The number of nitrogens with zero attached hydrogens (tertiary/aromatic N) is 6. The van der Waals surface area contributed by atoms with Crippen molar-refractivity contribution in [3.63, 3.8) is 0 Å². The first-order valence-electron chi connectivity index (χ1n) is 7.10. The fraction of sp³-hybridized carbons (Fsp3) is 0.133. The van der Waals surface area contributed by atoms with Gasteiger partial charge in [0, 0.05) is 25.0 Å². The third kappa shape index (κ3) is 2.95. The van der Waals surface area contributed by atoms with Crippen LogP contribution in [0.2, 0.25) is 0 Å². The lowest BCUT2D eigenvalue weighted by molar-refractivity contribution is 0.425. The summed E-state index contributed by atoms with van der Waals surface area (Å²) in [6.45, 7) is 0. The molecule has 7 nitrogen and oxygen atoms in total. The van der Waals surface area contributed by atoms with Crippen molar-refractivity contribution in [2.24, 2.45) is 7.05 Å². The summed E-state index contributed by atoms with van der Waals surface area (Å²) in [5.41, 5.74) is 0.854. The van der Waals surface area contributed by atoms with Crippen molar-refractivity contribution in [1.29, 1.82) is 0 Å². The lowest BCUT2D eigenvalue weighted by Crippen LogP contribution is -1.94. The van der Waals surface area contributed by atoms with Gasteiger partial charge in [-0.2, -0.15) is 4.98 Å². The molecule has 0 amide bonds. The van der Waals surface area contributed by atoms with Crippen molar-refractivity contribution in [2.75, 3.05) is 0 Å². The first kappa shape index (κ1) is 15.0. The van der Waals surface area contributed by atoms with Gasteiger partial charge in [-0.3, -0.25) is 4.98 Å². The zero-order chi connectivity index (χ0) is 16.4. The molecule has 0 aliphatic rings. The van der Waals surface area contributed by atoms with E-state index in [0.717, 1.165) is 21.4 Å². The van der Waals surface area contributed by atoms with Crippen LogP contribution in [0.15, 0.2) is 51.7 Å². The monoisotopic (exact) mass is 356 g/mol. The maximum atomic E-state index is 5.29. The average molecular weight is 356 g/mol. The molecule has 4 aromatic heterocycles. The Morgan fingerprint density at radius 2 is 2.08 bits per heavy atom. The molecule has 120 valence electrons. The van der Waals surface area contributed by atoms with Crippen LogP contribution in [0, 0.1) is 0 Å². The Kier molecular flexibility index (Phi) is 4.09. The van der Waals surface area contributed by atoms with Crippen molar-refractivity contribution in [3.05, 3.63) is 47.9 Å². The first-order valence-corrected chi connectivity index (χ1v) is 8.97. The summed E-state index contributed by atoms with van der Waals surface area (Å²) in [6, 6.07) is 7.70. The molecule has 0 saturated carbocycles. The molecule has 0 N–H and O–H groups in total. The van der Waals surface area contributed by atoms with Gasteiger partial charge in [-0.25, -0.2) is 0 Å². The molecular weight excluding hydrogens is 344 g/mol. The molecular formula is C15H12N6OS2. The van der Waals surface area contributed by atoms with Crippen molar-refractivity contribution < 1.29 is 4.52 Å². The van der Waals surface area contributed by atoms with E-state index in [2.05, 4.69) is 25.3 Å². The van der Waals surface area contributed by atoms with Crippen LogP contribution in [0.4, 0.5) is 0 Å². The molecule has 0 aromatic carbocycles. The third-order valence-electron chi connectivity index (χ3n) is 3.30. The van der Waals surface area contributed by atoms with Crippen LogP contribution < -0.4 is 0 Å². The quantitative estimate of drug-likeness (QED) is 0.507. The molecule has 24 heavy (non-hydrogen) atoms. The third-order valence-corrected chi connectivity index (χ3v) is 5.18. The highest BCUT2D eigenvalue weighted by Crippen LogP contribution is 2.27. The molecule has 4 heterocycles. The Hall–Kier alpha value is -2.52. The van der Waals surface area contributed by atoms with Gasteiger partial charge in [0.15, 0.2) is 16.8 Å². The number of hydrogen-bond acceptors (Lipinski definition) is 8. The van der Waals surface area contributed by atoms with Crippen LogP contribution in [0.25, 0.3) is 22.2 Å². The molecule has 9 heteroatoms. The second-order valence-electron chi connectivity index (χ2n) is 4.88. The molecule has 0 saturated heterocycles. The number of thiophene rings is 1. The number of hydrogen-bond donors (Lipinski definition) is 0. The number of rotatable bonds is 5. The van der Waals surface area contributed by atoms with Gasteiger partial charge in [0.2, 0.25) is 0 Å². The number of thioether (sulfide) groups is 1. The van der Waals surface area contributed by atoms with Gasteiger partial charge in [0.25, 0.3) is 5.89 Å². The summed E-state index contributed by atoms with van der Waals surface area (Å²) in [5.74, 6) is 2.53. The average Bonchev–Trinajstić information content (AvgIpc) is 3.35. The predicted molar refractivity (Wildman–Crippen MR) is 91.4 cm³/mol. The molecule has 0 unspecified atom stereocenters. The fourth-order valence-electron chi connectivity index (χ4n) is 2.11. The second kappa shape index (κ2) is 6.54. The summed E-state index contributed by atoms with van der Waals surface area (Å²) in [4.78, 5) is 9.47. The summed E-state index contributed by atoms with van der Waals surface area (Å²) in [6.07, 6.45) is 3.39. The van der Waals surface area contributed by atoms with E-state index < -0.39 is 0 Å². The Bertz CT molecular complexity index is 932. The van der Waals surface area contributed by atoms with Gasteiger partial charge in [-0.1, -0.05) is 23.0 Å². The fourth-order valence-corrected chi connectivity index (χ4v) is 3.61. The van der Waals surface area contributed by atoms with E-state index in [9.17, 15) is 0 Å². The van der Waals surface area contributed by atoms with Gasteiger partial charge in [0.1, 0.15) is 0 Å². The summed E-state index contributed by atoms with van der Waals surface area (Å²) in [7, 11) is 1.95. The SMILES string of the molecule is Cn1c(SCc2noc(-c3ccncc3)n2)nnc1-c1cccs1. The van der Waals surface area contributed by atoms with Gasteiger partial charge < -0.3 is 9.09 Å². The Balaban J connectivity index is 1.47. The van der Waals surface area contributed by atoms with Crippen molar-refractivity contribution in [3.8, 4) is 22.2 Å². The predicted octanol–water partition coefficient (Wildman–Crippen LogP) is 3.28. The normalized spacial score (nSPS) is 11.0. The smallest absolute Gasteiger partial charge is 0.258 e. The number of pyridine rings is 1. The van der Waals surface area contributed by atoms with E-state index in [1.165, 1.54) is 11.8 Å². The molecule has 4 rings (SSSR count). The van der Waals surface area contributed by atoms with Crippen molar-refractivity contribution in [2.45, 2.75) is 10.9 Å². The highest BCUT2D eigenvalue weighted by Gasteiger charge is 2.14. The maximum Gasteiger partial charge on any atom is 0.258 e. The van der Waals surface area contributed by atoms with E-state index in [-0.39, 0.29) is 0 Å². The zero-order valence-electron chi connectivity index (χ0n) is 12.7. The van der Waals surface area contributed by atoms with Crippen LogP contribution in [-0.2, 0) is 12.8 Å². The Morgan fingerprint density at radius 1 is 1.21 bits per heavy atom. The van der Waals surface area contributed by atoms with E-state index in [0.29, 0.717) is 17.5 Å². The van der Waals surface area contributed by atoms with Crippen molar-refractivity contribution in [1.82, 2.24) is 29.9 Å². The van der Waals surface area contributed by atoms with Crippen LogP contribution in [0.3, 0.4) is 0 Å². The number of aromatic nitrogens is 6. The molecule has 4 aromatic rings. The minimum atomic E-state index is 0.491. The molecule has 0 fully saturated rings. The molecule has 0 aliphatic carbocycles. The van der Waals surface area contributed by atoms with E-state index in [4.69, 9.17) is 4.52 Å². The van der Waals surface area contributed by atoms with Crippen LogP contribution >= 0.6 is 23.1 Å². The van der Waals surface area contributed by atoms with E-state index >= 15 is 0 Å². The maximum absolute atomic E-state index is 5.29. The highest BCUT2D eigenvalue weighted by molar-refractivity contribution is 7.98. The standard InChI is InChI=1S/C15H12N6OS2/c1-21-13(11-3-2-8-23-11)18-19-15(21)24-9-12-17-14(22-20-12)10-4-6-16-7-5-10/h2-8H,9H2,1H3. The van der Waals surface area contributed by atoms with Gasteiger partial charge in [-0.15, -0.1) is 21.5 Å². The Labute approximate surface area is 145 Å². The van der Waals surface area contributed by atoms with Crippen molar-refractivity contribution >= 4 is 23.1 Å².